The van der Waals surface area contributed by atoms with E-state index in [9.17, 15) is 0 Å². The Labute approximate surface area is 157 Å². The fourth-order valence-electron chi connectivity index (χ4n) is 2.77. The molecule has 0 bridgehead atoms. The smallest absolute Gasteiger partial charge is 0.191 e. The lowest BCUT2D eigenvalue weighted by Gasteiger charge is -2.26. The molecule has 0 aliphatic rings. The van der Waals surface area contributed by atoms with Gasteiger partial charge in [0.25, 0.3) is 0 Å². The predicted octanol–water partition coefficient (Wildman–Crippen LogP) is 2.97. The summed E-state index contributed by atoms with van der Waals surface area (Å²) in [6.07, 6.45) is 0. The monoisotopic (exact) mass is 354 g/mol. The van der Waals surface area contributed by atoms with Crippen molar-refractivity contribution in [3.05, 3.63) is 65.2 Å². The van der Waals surface area contributed by atoms with Crippen molar-refractivity contribution in [2.24, 2.45) is 4.99 Å². The van der Waals surface area contributed by atoms with Gasteiger partial charge in [0.05, 0.1) is 13.2 Å². The molecule has 26 heavy (non-hydrogen) atoms. The molecule has 0 aromatic heterocycles. The standard InChI is InChI=1S/C21H30N4O/c1-16-9-11-18(12-10-16)20(25(3)4)15-24-21(22-2)23-14-17-7-6-8-19(13-17)26-5/h6-13,20H,14-15H2,1-5H3,(H2,22,23,24). The van der Waals surface area contributed by atoms with Gasteiger partial charge in [0.1, 0.15) is 5.75 Å². The van der Waals surface area contributed by atoms with E-state index >= 15 is 0 Å². The summed E-state index contributed by atoms with van der Waals surface area (Å²) in [4.78, 5) is 6.54. The van der Waals surface area contributed by atoms with E-state index in [2.05, 4.69) is 71.9 Å². The zero-order valence-corrected chi connectivity index (χ0v) is 16.4. The Hall–Kier alpha value is -2.53. The second-order valence-electron chi connectivity index (χ2n) is 6.55. The van der Waals surface area contributed by atoms with Crippen LogP contribution in [0.1, 0.15) is 22.7 Å². The van der Waals surface area contributed by atoms with Crippen LogP contribution in [0.25, 0.3) is 0 Å². The van der Waals surface area contributed by atoms with Crippen LogP contribution in [0.15, 0.2) is 53.5 Å². The highest BCUT2D eigenvalue weighted by Crippen LogP contribution is 2.18. The number of likely N-dealkylation sites (N-methyl/N-ethyl adjacent to an activating group) is 1. The van der Waals surface area contributed by atoms with Crippen LogP contribution in [0.3, 0.4) is 0 Å². The number of hydrogen-bond acceptors (Lipinski definition) is 3. The molecule has 2 rings (SSSR count). The number of guanidine groups is 1. The molecule has 140 valence electrons. The minimum atomic E-state index is 0.269. The first-order chi connectivity index (χ1) is 12.5. The molecule has 0 amide bonds. The maximum atomic E-state index is 5.27. The summed E-state index contributed by atoms with van der Waals surface area (Å²) < 4.78 is 5.27. The van der Waals surface area contributed by atoms with Gasteiger partial charge in [-0.2, -0.15) is 0 Å². The summed E-state index contributed by atoms with van der Waals surface area (Å²) in [6.45, 7) is 3.57. The van der Waals surface area contributed by atoms with Gasteiger partial charge in [0, 0.05) is 20.1 Å². The molecule has 0 saturated heterocycles. The van der Waals surface area contributed by atoms with Crippen molar-refractivity contribution in [2.45, 2.75) is 19.5 Å². The van der Waals surface area contributed by atoms with Gasteiger partial charge in [0.2, 0.25) is 0 Å². The van der Waals surface area contributed by atoms with Crippen LogP contribution in [-0.2, 0) is 6.54 Å². The van der Waals surface area contributed by atoms with Crippen molar-refractivity contribution in [3.63, 3.8) is 0 Å². The number of methoxy groups -OCH3 is 1. The Morgan fingerprint density at radius 2 is 1.85 bits per heavy atom. The molecular weight excluding hydrogens is 324 g/mol. The highest BCUT2D eigenvalue weighted by atomic mass is 16.5. The Morgan fingerprint density at radius 3 is 2.46 bits per heavy atom. The van der Waals surface area contributed by atoms with Gasteiger partial charge in [-0.3, -0.25) is 4.99 Å². The molecule has 5 heteroatoms. The number of hydrogen-bond donors (Lipinski definition) is 2. The Kier molecular flexibility index (Phi) is 7.48. The van der Waals surface area contributed by atoms with Crippen LogP contribution < -0.4 is 15.4 Å². The van der Waals surface area contributed by atoms with Gasteiger partial charge in [-0.15, -0.1) is 0 Å². The Morgan fingerprint density at radius 1 is 1.12 bits per heavy atom. The van der Waals surface area contributed by atoms with Crippen molar-refractivity contribution in [2.75, 3.05) is 34.8 Å². The van der Waals surface area contributed by atoms with Gasteiger partial charge >= 0.3 is 0 Å². The second-order valence-corrected chi connectivity index (χ2v) is 6.55. The number of nitrogens with zero attached hydrogens (tertiary/aromatic N) is 2. The third-order valence-electron chi connectivity index (χ3n) is 4.37. The summed E-state index contributed by atoms with van der Waals surface area (Å²) in [5, 5.41) is 6.79. The van der Waals surface area contributed by atoms with Gasteiger partial charge < -0.3 is 20.3 Å². The van der Waals surface area contributed by atoms with Crippen molar-refractivity contribution in [1.82, 2.24) is 15.5 Å². The first-order valence-corrected chi connectivity index (χ1v) is 8.84. The quantitative estimate of drug-likeness (QED) is 0.593. The second kappa shape index (κ2) is 9.82. The molecule has 5 nitrogen and oxygen atoms in total. The molecule has 0 heterocycles. The number of aliphatic imine (C=N–C) groups is 1. The van der Waals surface area contributed by atoms with Crippen LogP contribution in [-0.4, -0.2) is 45.7 Å². The lowest BCUT2D eigenvalue weighted by Crippen LogP contribution is -2.41. The molecule has 2 aromatic rings. The topological polar surface area (TPSA) is 48.9 Å². The Bertz CT molecular complexity index is 710. The third-order valence-corrected chi connectivity index (χ3v) is 4.37. The van der Waals surface area contributed by atoms with Gasteiger partial charge in [0.15, 0.2) is 5.96 Å². The fourth-order valence-corrected chi connectivity index (χ4v) is 2.77. The highest BCUT2D eigenvalue weighted by Gasteiger charge is 2.14. The number of rotatable bonds is 7. The van der Waals surface area contributed by atoms with Crippen molar-refractivity contribution < 1.29 is 4.74 Å². The van der Waals surface area contributed by atoms with Crippen LogP contribution in [0.5, 0.6) is 5.75 Å². The molecule has 2 aromatic carbocycles. The molecule has 0 spiro atoms. The van der Waals surface area contributed by atoms with Crippen molar-refractivity contribution >= 4 is 5.96 Å². The lowest BCUT2D eigenvalue weighted by atomic mass is 10.0. The van der Waals surface area contributed by atoms with Gasteiger partial charge in [-0.05, 0) is 44.3 Å². The highest BCUT2D eigenvalue weighted by molar-refractivity contribution is 5.79. The first kappa shape index (κ1) is 19.8. The molecule has 1 atom stereocenters. The van der Waals surface area contributed by atoms with E-state index in [1.54, 1.807) is 14.2 Å². The maximum absolute atomic E-state index is 5.27. The largest absolute Gasteiger partial charge is 0.497 e. The summed E-state index contributed by atoms with van der Waals surface area (Å²) in [5.74, 6) is 1.64. The lowest BCUT2D eigenvalue weighted by molar-refractivity contribution is 0.298. The number of benzene rings is 2. The zero-order valence-electron chi connectivity index (χ0n) is 16.4. The van der Waals surface area contributed by atoms with E-state index in [1.807, 2.05) is 18.2 Å². The maximum Gasteiger partial charge on any atom is 0.191 e. The molecular formula is C21H30N4O. The Balaban J connectivity index is 1.94. The van der Waals surface area contributed by atoms with E-state index in [-0.39, 0.29) is 6.04 Å². The van der Waals surface area contributed by atoms with Crippen LogP contribution in [0, 0.1) is 6.92 Å². The number of ether oxygens (including phenoxy) is 1. The summed E-state index contributed by atoms with van der Waals surface area (Å²) in [6, 6.07) is 17.0. The van der Waals surface area contributed by atoms with E-state index in [4.69, 9.17) is 4.74 Å². The van der Waals surface area contributed by atoms with Gasteiger partial charge in [-0.1, -0.05) is 42.0 Å². The minimum Gasteiger partial charge on any atom is -0.497 e. The molecule has 0 aliphatic heterocycles. The van der Waals surface area contributed by atoms with Crippen molar-refractivity contribution in [3.8, 4) is 5.75 Å². The number of aryl methyl sites for hydroxylation is 1. The van der Waals surface area contributed by atoms with E-state index in [1.165, 1.54) is 11.1 Å². The zero-order chi connectivity index (χ0) is 18.9. The fraction of sp³-hybridized carbons (Fsp3) is 0.381. The third kappa shape index (κ3) is 5.77. The van der Waals surface area contributed by atoms with Crippen LogP contribution >= 0.6 is 0 Å². The van der Waals surface area contributed by atoms with E-state index in [0.29, 0.717) is 6.54 Å². The molecule has 0 aliphatic carbocycles. The summed E-state index contributed by atoms with van der Waals surface area (Å²) in [7, 11) is 7.66. The van der Waals surface area contributed by atoms with E-state index < -0.39 is 0 Å². The average Bonchev–Trinajstić information content (AvgIpc) is 2.65. The molecule has 0 radical (unpaired) electrons. The SMILES string of the molecule is CN=C(NCc1cccc(OC)c1)NCC(c1ccc(C)cc1)N(C)C. The summed E-state index contributed by atoms with van der Waals surface area (Å²) >= 11 is 0. The normalized spacial score (nSPS) is 12.8. The molecule has 2 N–H and O–H groups in total. The predicted molar refractivity (Wildman–Crippen MR) is 109 cm³/mol. The minimum absolute atomic E-state index is 0.269. The van der Waals surface area contributed by atoms with Crippen molar-refractivity contribution in [1.29, 1.82) is 0 Å². The van der Waals surface area contributed by atoms with Crippen LogP contribution in [0.2, 0.25) is 0 Å². The van der Waals surface area contributed by atoms with Gasteiger partial charge in [-0.25, -0.2) is 0 Å². The first-order valence-electron chi connectivity index (χ1n) is 8.84. The average molecular weight is 354 g/mol. The molecule has 1 unspecified atom stereocenters. The molecule has 0 fully saturated rings. The number of nitrogens with one attached hydrogen (secondary N) is 2. The van der Waals surface area contributed by atoms with Crippen LogP contribution in [0.4, 0.5) is 0 Å². The molecule has 0 saturated carbocycles. The summed E-state index contributed by atoms with van der Waals surface area (Å²) in [5.41, 5.74) is 3.71. The van der Waals surface area contributed by atoms with E-state index in [0.717, 1.165) is 23.8 Å².